The summed E-state index contributed by atoms with van der Waals surface area (Å²) in [6.45, 7) is 1.91. The topological polar surface area (TPSA) is 201 Å². The van der Waals surface area contributed by atoms with Gasteiger partial charge in [0.25, 0.3) is 0 Å². The average Bonchev–Trinajstić information content (AvgIpc) is 3.81. The molecule has 11 nitrogen and oxygen atoms in total. The lowest BCUT2D eigenvalue weighted by molar-refractivity contribution is 0.221. The summed E-state index contributed by atoms with van der Waals surface area (Å²) in [6, 6.07) is 40.2. The fraction of sp³-hybridized carbons (Fsp3) is 0.158. The van der Waals surface area contributed by atoms with E-state index in [4.69, 9.17) is 9.47 Å². The predicted molar refractivity (Wildman–Crippen MR) is 251 cm³/mol. The van der Waals surface area contributed by atoms with Crippen LogP contribution in [-0.2, 0) is 0 Å². The van der Waals surface area contributed by atoms with Crippen molar-refractivity contribution in [2.24, 2.45) is 0 Å². The molecule has 9 N–H and O–H groups in total. The van der Waals surface area contributed by atoms with Gasteiger partial charge in [0.1, 0.15) is 75.5 Å². The number of ether oxygens (including phenoxy) is 2. The van der Waals surface area contributed by atoms with Crippen LogP contribution in [0.2, 0.25) is 0 Å². The molecule has 0 bridgehead atoms. The predicted octanol–water partition coefficient (Wildman–Crippen LogP) is 11.0. The Morgan fingerprint density at radius 3 is 1.06 bits per heavy atom. The van der Waals surface area contributed by atoms with Crippen LogP contribution in [0.5, 0.6) is 63.2 Å². The van der Waals surface area contributed by atoms with Crippen LogP contribution in [0.4, 0.5) is 0 Å². The van der Waals surface area contributed by atoms with E-state index in [-0.39, 0.29) is 51.7 Å². The highest BCUT2D eigenvalue weighted by Gasteiger charge is 2.55. The molecule has 0 aromatic heterocycles. The molecular weight excluding hydrogens is 861 g/mol. The molecule has 12 rings (SSSR count). The zero-order chi connectivity index (χ0) is 46.9. The van der Waals surface area contributed by atoms with Crippen molar-refractivity contribution in [2.75, 3.05) is 0 Å². The molecule has 68 heavy (non-hydrogen) atoms. The fourth-order valence-corrected chi connectivity index (χ4v) is 12.2. The number of rotatable bonds is 5. The molecule has 2 heterocycles. The van der Waals surface area contributed by atoms with E-state index >= 15 is 0 Å². The number of phenols is 9. The van der Waals surface area contributed by atoms with E-state index < -0.39 is 47.7 Å². The molecule has 2 unspecified atom stereocenters. The van der Waals surface area contributed by atoms with Gasteiger partial charge in [0, 0.05) is 64.1 Å². The molecule has 2 aliphatic heterocycles. The van der Waals surface area contributed by atoms with Gasteiger partial charge in [-0.2, -0.15) is 0 Å². The van der Waals surface area contributed by atoms with Gasteiger partial charge in [0.2, 0.25) is 0 Å². The molecule has 0 spiro atoms. The second-order valence-corrected chi connectivity index (χ2v) is 18.6. The molecule has 0 amide bonds. The lowest BCUT2D eigenvalue weighted by Crippen LogP contribution is -2.26. The van der Waals surface area contributed by atoms with E-state index in [9.17, 15) is 46.0 Å². The highest BCUT2D eigenvalue weighted by Crippen LogP contribution is 2.69. The van der Waals surface area contributed by atoms with Gasteiger partial charge in [-0.15, -0.1) is 0 Å². The Morgan fingerprint density at radius 2 is 0.647 bits per heavy atom. The van der Waals surface area contributed by atoms with Crippen molar-refractivity contribution < 1.29 is 55.4 Å². The van der Waals surface area contributed by atoms with Gasteiger partial charge < -0.3 is 55.4 Å². The minimum atomic E-state index is -0.855. The molecule has 8 aromatic carbocycles. The Bertz CT molecular complexity index is 3110. The molecule has 8 atom stereocenters. The van der Waals surface area contributed by atoms with Gasteiger partial charge in [-0.1, -0.05) is 54.6 Å². The minimum absolute atomic E-state index is 0.00396. The molecule has 8 aromatic rings. The minimum Gasteiger partial charge on any atom is -0.508 e. The number of hydrogen-bond acceptors (Lipinski definition) is 11. The molecule has 0 saturated carbocycles. The second kappa shape index (κ2) is 15.0. The Morgan fingerprint density at radius 1 is 0.309 bits per heavy atom. The van der Waals surface area contributed by atoms with Gasteiger partial charge in [-0.25, -0.2) is 0 Å². The Labute approximate surface area is 389 Å². The van der Waals surface area contributed by atoms with Gasteiger partial charge in [-0.05, 0) is 130 Å². The van der Waals surface area contributed by atoms with Crippen LogP contribution < -0.4 is 9.47 Å². The second-order valence-electron chi connectivity index (χ2n) is 18.6. The summed E-state index contributed by atoms with van der Waals surface area (Å²) < 4.78 is 13.8. The fourth-order valence-electron chi connectivity index (χ4n) is 12.2. The van der Waals surface area contributed by atoms with Crippen LogP contribution in [0, 0.1) is 6.92 Å². The lowest BCUT2D eigenvalue weighted by atomic mass is 9.62. The summed E-state index contributed by atoms with van der Waals surface area (Å²) in [5.74, 6) is -4.35. The summed E-state index contributed by atoms with van der Waals surface area (Å²) in [4.78, 5) is 0. The molecule has 338 valence electrons. The Hall–Kier alpha value is -8.44. The summed E-state index contributed by atoms with van der Waals surface area (Å²) in [6.07, 6.45) is -1.48. The maximum atomic E-state index is 12.7. The van der Waals surface area contributed by atoms with Crippen molar-refractivity contribution in [1.29, 1.82) is 0 Å². The average molecular weight is 905 g/mol. The molecule has 0 radical (unpaired) electrons. The van der Waals surface area contributed by atoms with Crippen molar-refractivity contribution in [1.82, 2.24) is 0 Å². The Kier molecular flexibility index (Phi) is 9.08. The summed E-state index contributed by atoms with van der Waals surface area (Å²) in [7, 11) is 0. The van der Waals surface area contributed by atoms with Crippen LogP contribution in [0.15, 0.2) is 146 Å². The third-order valence-corrected chi connectivity index (χ3v) is 14.6. The quantitative estimate of drug-likeness (QED) is 0.0796. The zero-order valence-electron chi connectivity index (χ0n) is 36.3. The first-order valence-corrected chi connectivity index (χ1v) is 22.4. The molecule has 11 heteroatoms. The van der Waals surface area contributed by atoms with Crippen LogP contribution in [0.1, 0.15) is 120 Å². The highest BCUT2D eigenvalue weighted by molar-refractivity contribution is 5.70. The highest BCUT2D eigenvalue weighted by atomic mass is 16.5. The zero-order valence-corrected chi connectivity index (χ0v) is 36.3. The third kappa shape index (κ3) is 6.26. The normalized spacial score (nSPS) is 22.7. The molecule has 4 aliphatic rings. The number of fused-ring (bicyclic) bond motifs is 4. The molecule has 0 fully saturated rings. The number of aryl methyl sites for hydroxylation is 1. The van der Waals surface area contributed by atoms with E-state index in [1.807, 2.05) is 25.1 Å². The Balaban J connectivity index is 1.25. The van der Waals surface area contributed by atoms with E-state index in [1.165, 1.54) is 6.07 Å². The molecular formula is C57H44O11. The van der Waals surface area contributed by atoms with Crippen molar-refractivity contribution in [3.63, 3.8) is 0 Å². The van der Waals surface area contributed by atoms with Crippen molar-refractivity contribution >= 4 is 0 Å². The van der Waals surface area contributed by atoms with E-state index in [0.29, 0.717) is 61.6 Å². The van der Waals surface area contributed by atoms with Crippen molar-refractivity contribution in [2.45, 2.75) is 54.6 Å². The molecule has 0 saturated heterocycles. The van der Waals surface area contributed by atoms with E-state index in [1.54, 1.807) is 121 Å². The van der Waals surface area contributed by atoms with Gasteiger partial charge >= 0.3 is 0 Å². The largest absolute Gasteiger partial charge is 0.508 e. The standard InChI is InChI=1S/C57H44O11/c1-26-18-38-48(42(65)19-26)46(27-2-10-31(58)11-3-27)52(40-21-36(63)24-44-50(40)54(38)56(67-44)29-6-14-33(60)15-7-29)53-41-22-37(64)25-45-51(41)55(57(68-45)30-8-16-34(61)17-9-30)39-20-35(62)23-43(66)49(39)47(53)28-4-12-32(59)13-5-28/h2-25,46-47,52-66H,1H3/t46-,47-,52?,53?,54-,55-,56+,57+/m1/s1. The van der Waals surface area contributed by atoms with Crippen LogP contribution in [0.3, 0.4) is 0 Å². The van der Waals surface area contributed by atoms with Gasteiger partial charge in [0.05, 0.1) is 11.8 Å². The number of aromatic hydroxyl groups is 9. The van der Waals surface area contributed by atoms with Crippen molar-refractivity contribution in [3.05, 3.63) is 218 Å². The SMILES string of the molecule is Cc1cc(O)c2c(c1)[C@@H]1c3c(cc(O)cc3C(C3c4cc(O)cc5c4[C@@H](c4cc(O)cc(O)c4[C@H]3c3ccc(O)cc3)[C@H](c3ccc(O)cc3)O5)[C@@H]2c2ccc(O)cc2)O[C@H]1c1ccc(O)cc1. The smallest absolute Gasteiger partial charge is 0.135 e. The maximum absolute atomic E-state index is 12.7. The summed E-state index contributed by atoms with van der Waals surface area (Å²) >= 11 is 0. The van der Waals surface area contributed by atoms with E-state index in [2.05, 4.69) is 0 Å². The maximum Gasteiger partial charge on any atom is 0.135 e. The lowest BCUT2D eigenvalue weighted by Gasteiger charge is -2.40. The van der Waals surface area contributed by atoms with Crippen molar-refractivity contribution in [3.8, 4) is 63.2 Å². The van der Waals surface area contributed by atoms with Gasteiger partial charge in [-0.3, -0.25) is 0 Å². The monoisotopic (exact) mass is 904 g/mol. The third-order valence-electron chi connectivity index (χ3n) is 14.6. The first-order chi connectivity index (χ1) is 32.8. The summed E-state index contributed by atoms with van der Waals surface area (Å²) in [5.41, 5.74) is 8.52. The first kappa shape index (κ1) is 41.0. The van der Waals surface area contributed by atoms with E-state index in [0.717, 1.165) is 22.3 Å². The number of benzene rings is 8. The van der Waals surface area contributed by atoms with Crippen LogP contribution in [0.25, 0.3) is 0 Å². The molecule has 2 aliphatic carbocycles. The van der Waals surface area contributed by atoms with Gasteiger partial charge in [0.15, 0.2) is 0 Å². The first-order valence-electron chi connectivity index (χ1n) is 22.4. The number of phenolic OH excluding ortho intramolecular Hbond substituents is 9. The van der Waals surface area contributed by atoms with Crippen LogP contribution in [-0.4, -0.2) is 46.0 Å². The summed E-state index contributed by atoms with van der Waals surface area (Å²) in [5, 5.41) is 103. The van der Waals surface area contributed by atoms with Crippen LogP contribution >= 0.6 is 0 Å². The number of hydrogen-bond donors (Lipinski definition) is 9.